The summed E-state index contributed by atoms with van der Waals surface area (Å²) in [5.74, 6) is 2.94. The second kappa shape index (κ2) is 3.36. The van der Waals surface area contributed by atoms with Crippen molar-refractivity contribution in [2.24, 2.45) is 28.6 Å². The summed E-state index contributed by atoms with van der Waals surface area (Å²) in [5, 5.41) is 8.91. The van der Waals surface area contributed by atoms with Crippen LogP contribution in [0.25, 0.3) is 0 Å². The molecule has 4 aliphatic carbocycles. The molecule has 4 fully saturated rings. The maximum Gasteiger partial charge on any atom is 0.113 e. The normalized spacial score (nSPS) is 51.6. The Hall–Kier alpha value is -0.340. The summed E-state index contributed by atoms with van der Waals surface area (Å²) in [5.41, 5.74) is 2.01. The lowest BCUT2D eigenvalue weighted by atomic mass is 9.70. The molecule has 4 atom stereocenters. The minimum atomic E-state index is -0.176. The van der Waals surface area contributed by atoms with Crippen molar-refractivity contribution in [1.29, 1.82) is 0 Å². The maximum atomic E-state index is 8.91. The van der Waals surface area contributed by atoms with Crippen molar-refractivity contribution < 1.29 is 10.1 Å². The molecule has 0 saturated heterocycles. The minimum Gasteiger partial charge on any atom is -0.251 e. The molecule has 0 amide bonds. The van der Waals surface area contributed by atoms with Crippen LogP contribution in [-0.4, -0.2) is 11.4 Å². The number of rotatable bonds is 5. The zero-order valence-corrected chi connectivity index (χ0v) is 11.2. The summed E-state index contributed by atoms with van der Waals surface area (Å²) in [4.78, 5) is 4.55. The van der Waals surface area contributed by atoms with Crippen LogP contribution in [0.1, 0.15) is 46.5 Å². The largest absolute Gasteiger partial charge is 0.251 e. The van der Waals surface area contributed by atoms with E-state index in [2.05, 4.69) is 25.3 Å². The zero-order valence-electron chi connectivity index (χ0n) is 11.2. The second-order valence-corrected chi connectivity index (χ2v) is 7.06. The molecule has 4 rings (SSSR count). The van der Waals surface area contributed by atoms with Gasteiger partial charge in [-0.15, -0.1) is 0 Å². The molecule has 17 heavy (non-hydrogen) atoms. The van der Waals surface area contributed by atoms with Crippen LogP contribution in [0.5, 0.6) is 0 Å². The van der Waals surface area contributed by atoms with Gasteiger partial charge >= 0.3 is 0 Å². The lowest BCUT2D eigenvalue weighted by Gasteiger charge is -2.35. The van der Waals surface area contributed by atoms with Crippen LogP contribution in [0.2, 0.25) is 0 Å². The standard InChI is InChI=1S/C15H24O2/c1-9(2)13(17-16)5-6-14(3)10-7-11-12(8-10)15(11,14)4/h10-13,16H,1,5-8H2,2-4H3. The topological polar surface area (TPSA) is 29.5 Å². The Kier molecular flexibility index (Phi) is 2.32. The zero-order chi connectivity index (χ0) is 12.4. The van der Waals surface area contributed by atoms with Gasteiger partial charge < -0.3 is 0 Å². The van der Waals surface area contributed by atoms with E-state index >= 15 is 0 Å². The van der Waals surface area contributed by atoms with Gasteiger partial charge in [0.05, 0.1) is 0 Å². The van der Waals surface area contributed by atoms with Gasteiger partial charge in [0.15, 0.2) is 0 Å². The van der Waals surface area contributed by atoms with Crippen molar-refractivity contribution in [3.05, 3.63) is 12.2 Å². The smallest absolute Gasteiger partial charge is 0.113 e. The lowest BCUT2D eigenvalue weighted by Crippen LogP contribution is -2.29. The Labute approximate surface area is 104 Å². The Balaban J connectivity index is 1.68. The van der Waals surface area contributed by atoms with E-state index < -0.39 is 0 Å². The quantitative estimate of drug-likeness (QED) is 0.446. The molecule has 0 aromatic rings. The van der Waals surface area contributed by atoms with E-state index in [0.29, 0.717) is 10.8 Å². The highest BCUT2D eigenvalue weighted by Gasteiger charge is 2.80. The fourth-order valence-corrected chi connectivity index (χ4v) is 5.33. The van der Waals surface area contributed by atoms with Gasteiger partial charge in [0.25, 0.3) is 0 Å². The van der Waals surface area contributed by atoms with Crippen molar-refractivity contribution in [3.8, 4) is 0 Å². The molecule has 0 aromatic carbocycles. The molecule has 96 valence electrons. The van der Waals surface area contributed by atoms with Gasteiger partial charge in [0.2, 0.25) is 0 Å². The highest BCUT2D eigenvalue weighted by Crippen LogP contribution is 2.87. The van der Waals surface area contributed by atoms with Crippen LogP contribution in [0.4, 0.5) is 0 Å². The molecule has 2 nitrogen and oxygen atoms in total. The Morgan fingerprint density at radius 3 is 2.35 bits per heavy atom. The van der Waals surface area contributed by atoms with Gasteiger partial charge in [-0.1, -0.05) is 20.4 Å². The van der Waals surface area contributed by atoms with Crippen molar-refractivity contribution in [3.63, 3.8) is 0 Å². The first-order chi connectivity index (χ1) is 7.95. The van der Waals surface area contributed by atoms with Gasteiger partial charge in [0.1, 0.15) is 6.10 Å². The van der Waals surface area contributed by atoms with Crippen molar-refractivity contribution in [2.75, 3.05) is 0 Å². The summed E-state index contributed by atoms with van der Waals surface area (Å²) in [6.07, 6.45) is 4.81. The predicted octanol–water partition coefficient (Wildman–Crippen LogP) is 3.88. The monoisotopic (exact) mass is 236 g/mol. The first-order valence-electron chi connectivity index (χ1n) is 6.90. The van der Waals surface area contributed by atoms with Crippen LogP contribution in [-0.2, 0) is 4.89 Å². The van der Waals surface area contributed by atoms with Crippen molar-refractivity contribution >= 4 is 0 Å². The number of hydrogen-bond acceptors (Lipinski definition) is 2. The number of hydrogen-bond donors (Lipinski definition) is 1. The molecule has 0 aromatic heterocycles. The summed E-state index contributed by atoms with van der Waals surface area (Å²) in [7, 11) is 0. The van der Waals surface area contributed by atoms with Gasteiger partial charge in [-0.25, -0.2) is 4.89 Å². The van der Waals surface area contributed by atoms with Gasteiger partial charge in [-0.3, -0.25) is 5.26 Å². The summed E-state index contributed by atoms with van der Waals surface area (Å²) < 4.78 is 0. The molecule has 1 N–H and O–H groups in total. The molecule has 0 heterocycles. The molecule has 0 radical (unpaired) electrons. The lowest BCUT2D eigenvalue weighted by molar-refractivity contribution is -0.270. The highest BCUT2D eigenvalue weighted by molar-refractivity contribution is 5.28. The van der Waals surface area contributed by atoms with E-state index in [0.717, 1.165) is 29.7 Å². The van der Waals surface area contributed by atoms with Crippen LogP contribution >= 0.6 is 0 Å². The second-order valence-electron chi connectivity index (χ2n) is 7.06. The Bertz CT molecular complexity index is 350. The van der Waals surface area contributed by atoms with Gasteiger partial charge in [0, 0.05) is 0 Å². The third-order valence-electron chi connectivity index (χ3n) is 6.73. The molecule has 0 spiro atoms. The van der Waals surface area contributed by atoms with E-state index in [1.54, 1.807) is 0 Å². The fraction of sp³-hybridized carbons (Fsp3) is 0.867. The first kappa shape index (κ1) is 11.7. The molecule has 2 heteroatoms. The molecule has 4 aliphatic rings. The Morgan fingerprint density at radius 1 is 1.41 bits per heavy atom. The minimum absolute atomic E-state index is 0.176. The molecule has 0 aliphatic heterocycles. The van der Waals surface area contributed by atoms with Crippen LogP contribution in [0.3, 0.4) is 0 Å². The van der Waals surface area contributed by atoms with Crippen molar-refractivity contribution in [2.45, 2.75) is 52.6 Å². The maximum absolute atomic E-state index is 8.91. The Morgan fingerprint density at radius 2 is 2.00 bits per heavy atom. The first-order valence-corrected chi connectivity index (χ1v) is 6.90. The van der Waals surface area contributed by atoms with Crippen LogP contribution in [0, 0.1) is 28.6 Å². The van der Waals surface area contributed by atoms with Gasteiger partial charge in [-0.05, 0) is 66.8 Å². The van der Waals surface area contributed by atoms with Crippen LogP contribution < -0.4 is 0 Å². The average Bonchev–Trinajstić information content (AvgIpc) is 2.64. The van der Waals surface area contributed by atoms with E-state index in [9.17, 15) is 0 Å². The molecule has 4 bridgehead atoms. The van der Waals surface area contributed by atoms with Crippen LogP contribution in [0.15, 0.2) is 12.2 Å². The molecule has 4 saturated carbocycles. The molecule has 4 unspecified atom stereocenters. The molecular formula is C15H24O2. The van der Waals surface area contributed by atoms with E-state index in [1.165, 1.54) is 19.3 Å². The molecular weight excluding hydrogens is 212 g/mol. The van der Waals surface area contributed by atoms with Crippen molar-refractivity contribution in [1.82, 2.24) is 0 Å². The van der Waals surface area contributed by atoms with E-state index in [1.807, 2.05) is 6.92 Å². The summed E-state index contributed by atoms with van der Waals surface area (Å²) >= 11 is 0. The van der Waals surface area contributed by atoms with E-state index in [-0.39, 0.29) is 6.10 Å². The summed E-state index contributed by atoms with van der Waals surface area (Å²) in [6, 6.07) is 0. The average molecular weight is 236 g/mol. The third kappa shape index (κ3) is 1.23. The summed E-state index contributed by atoms with van der Waals surface area (Å²) in [6.45, 7) is 10.8. The third-order valence-corrected chi connectivity index (χ3v) is 6.73. The van der Waals surface area contributed by atoms with E-state index in [4.69, 9.17) is 5.26 Å². The highest BCUT2D eigenvalue weighted by atomic mass is 17.1. The van der Waals surface area contributed by atoms with Gasteiger partial charge in [-0.2, -0.15) is 0 Å². The fourth-order valence-electron chi connectivity index (χ4n) is 5.33. The predicted molar refractivity (Wildman–Crippen MR) is 67.5 cm³/mol. The SMILES string of the molecule is C=C(C)C(CCC1(C)C2CC3C(C2)C31C)OO.